The SMILES string of the molecule is CCCCCCC1=C(c2cc(C)cc(C)c2)[N+](=[N-])C(c2cc(C)cc(C)c2)=C1CCCCCC.[Ni]. The van der Waals surface area contributed by atoms with Gasteiger partial charge in [-0.15, -0.1) is 0 Å². The van der Waals surface area contributed by atoms with Gasteiger partial charge in [-0.2, -0.15) is 0 Å². The second kappa shape index (κ2) is 13.9. The van der Waals surface area contributed by atoms with Crippen molar-refractivity contribution in [1.29, 1.82) is 0 Å². The van der Waals surface area contributed by atoms with E-state index in [9.17, 15) is 5.53 Å². The van der Waals surface area contributed by atoms with Gasteiger partial charge in [-0.3, -0.25) is 0 Å². The first kappa shape index (κ1) is 29.2. The Morgan fingerprint density at radius 1 is 0.543 bits per heavy atom. The van der Waals surface area contributed by atoms with E-state index in [0.717, 1.165) is 35.4 Å². The van der Waals surface area contributed by atoms with Crippen LogP contribution in [0.4, 0.5) is 0 Å². The molecule has 1 heterocycles. The Morgan fingerprint density at radius 2 is 0.886 bits per heavy atom. The third kappa shape index (κ3) is 7.50. The molecule has 0 saturated carbocycles. The number of nitrogens with zero attached hydrogens (tertiary/aromatic N) is 2. The average Bonchev–Trinajstić information content (AvgIpc) is 3.04. The summed E-state index contributed by atoms with van der Waals surface area (Å²) < 4.78 is 1.53. The van der Waals surface area contributed by atoms with Crippen LogP contribution in [-0.4, -0.2) is 4.70 Å². The molecule has 2 nitrogen and oxygen atoms in total. The van der Waals surface area contributed by atoms with Crippen LogP contribution in [-0.2, 0) is 16.5 Å². The van der Waals surface area contributed by atoms with Crippen molar-refractivity contribution in [3.05, 3.63) is 86.5 Å². The van der Waals surface area contributed by atoms with Crippen molar-refractivity contribution >= 4 is 11.4 Å². The zero-order chi connectivity index (χ0) is 24.7. The Balaban J connectivity index is 0.00000432. The van der Waals surface area contributed by atoms with Crippen LogP contribution in [0.25, 0.3) is 16.9 Å². The van der Waals surface area contributed by atoms with Gasteiger partial charge in [0.2, 0.25) is 11.4 Å². The topological polar surface area (TPSA) is 25.3 Å². The number of benzene rings is 2. The van der Waals surface area contributed by atoms with E-state index >= 15 is 0 Å². The van der Waals surface area contributed by atoms with E-state index in [0.29, 0.717) is 0 Å². The summed E-state index contributed by atoms with van der Waals surface area (Å²) in [4.78, 5) is 0. The molecule has 0 saturated heterocycles. The number of hydrogen-bond donors (Lipinski definition) is 0. The molecular formula is C32H44N2Ni. The van der Waals surface area contributed by atoms with Gasteiger partial charge in [0.1, 0.15) is 0 Å². The molecule has 0 bridgehead atoms. The molecule has 2 aromatic carbocycles. The van der Waals surface area contributed by atoms with Gasteiger partial charge in [0.25, 0.3) is 0 Å². The molecule has 0 aliphatic carbocycles. The molecule has 3 rings (SSSR count). The van der Waals surface area contributed by atoms with E-state index in [-0.39, 0.29) is 16.5 Å². The van der Waals surface area contributed by atoms with Crippen molar-refractivity contribution in [3.8, 4) is 0 Å². The molecule has 0 atom stereocenters. The predicted molar refractivity (Wildman–Crippen MR) is 147 cm³/mol. The van der Waals surface area contributed by atoms with Crippen LogP contribution < -0.4 is 0 Å². The Hall–Kier alpha value is -1.99. The minimum Gasteiger partial charge on any atom is -0.493 e. The van der Waals surface area contributed by atoms with Crippen LogP contribution >= 0.6 is 0 Å². The van der Waals surface area contributed by atoms with Crippen LogP contribution in [0.2, 0.25) is 0 Å². The number of rotatable bonds is 12. The molecule has 0 aromatic heterocycles. The molecule has 0 spiro atoms. The normalized spacial score (nSPS) is 13.6. The molecule has 0 radical (unpaired) electrons. The fourth-order valence-corrected chi connectivity index (χ4v) is 5.46. The fourth-order valence-electron chi connectivity index (χ4n) is 5.46. The van der Waals surface area contributed by atoms with Crippen molar-refractivity contribution in [2.45, 2.75) is 106 Å². The first-order chi connectivity index (χ1) is 16.3. The van der Waals surface area contributed by atoms with Crippen LogP contribution in [0.1, 0.15) is 111 Å². The molecule has 35 heavy (non-hydrogen) atoms. The number of unbranched alkanes of at least 4 members (excludes halogenated alkanes) is 6. The van der Waals surface area contributed by atoms with Crippen molar-refractivity contribution in [2.24, 2.45) is 0 Å². The van der Waals surface area contributed by atoms with Crippen LogP contribution in [0.15, 0.2) is 47.5 Å². The van der Waals surface area contributed by atoms with E-state index in [1.165, 1.54) is 89.5 Å². The van der Waals surface area contributed by atoms with Crippen LogP contribution in [0.5, 0.6) is 0 Å². The standard InChI is InChI=1S/C32H44N2.Ni/c1-7-9-11-13-15-29-30(16-14-12-10-8-2)32(28-21-25(5)18-26(6)22-28)34(33)31(29)27-19-23(3)17-24(4)20-27;/h17-22H,7-16H2,1-6H3;. The van der Waals surface area contributed by atoms with Crippen molar-refractivity contribution in [2.75, 3.05) is 0 Å². The van der Waals surface area contributed by atoms with E-state index in [4.69, 9.17) is 0 Å². The van der Waals surface area contributed by atoms with Gasteiger partial charge < -0.3 is 5.53 Å². The summed E-state index contributed by atoms with van der Waals surface area (Å²) in [6, 6.07) is 13.4. The molecule has 3 heteroatoms. The van der Waals surface area contributed by atoms with Gasteiger partial charge in [0.05, 0.1) is 0 Å². The van der Waals surface area contributed by atoms with Gasteiger partial charge >= 0.3 is 0 Å². The second-order valence-electron chi connectivity index (χ2n) is 10.3. The minimum atomic E-state index is 0. The van der Waals surface area contributed by atoms with Gasteiger partial charge in [0, 0.05) is 38.8 Å². The maximum absolute atomic E-state index is 11.8. The summed E-state index contributed by atoms with van der Waals surface area (Å²) in [6.07, 6.45) is 11.9. The number of hydrogen-bond acceptors (Lipinski definition) is 0. The number of allylic oxidation sites excluding steroid dienone is 2. The van der Waals surface area contributed by atoms with Crippen LogP contribution in [0, 0.1) is 27.7 Å². The first-order valence-corrected chi connectivity index (χ1v) is 13.5. The molecule has 1 aliphatic rings. The molecule has 0 unspecified atom stereocenters. The van der Waals surface area contributed by atoms with E-state index in [2.05, 4.69) is 77.9 Å². The summed E-state index contributed by atoms with van der Waals surface area (Å²) in [5, 5.41) is 0. The monoisotopic (exact) mass is 514 g/mol. The molecular weight excluding hydrogens is 471 g/mol. The van der Waals surface area contributed by atoms with Gasteiger partial charge in [-0.1, -0.05) is 86.8 Å². The largest absolute Gasteiger partial charge is 0.493 e. The Bertz CT molecular complexity index is 965. The van der Waals surface area contributed by atoms with Crippen LogP contribution in [0.3, 0.4) is 0 Å². The first-order valence-electron chi connectivity index (χ1n) is 13.5. The Labute approximate surface area is 224 Å². The summed E-state index contributed by atoms with van der Waals surface area (Å²) in [6.45, 7) is 13.1. The Morgan fingerprint density at radius 3 is 1.20 bits per heavy atom. The summed E-state index contributed by atoms with van der Waals surface area (Å²) in [5.41, 5.74) is 23.7. The van der Waals surface area contributed by atoms with Crippen molar-refractivity contribution in [3.63, 3.8) is 0 Å². The third-order valence-electron chi connectivity index (χ3n) is 6.91. The minimum absolute atomic E-state index is 0. The molecule has 2 aromatic rings. The average molecular weight is 515 g/mol. The molecule has 0 N–H and O–H groups in total. The second-order valence-corrected chi connectivity index (χ2v) is 10.3. The zero-order valence-electron chi connectivity index (χ0n) is 22.7. The smallest absolute Gasteiger partial charge is 0.211 e. The van der Waals surface area contributed by atoms with E-state index in [1.54, 1.807) is 0 Å². The summed E-state index contributed by atoms with van der Waals surface area (Å²) >= 11 is 0. The van der Waals surface area contributed by atoms with E-state index in [1.807, 2.05) is 0 Å². The van der Waals surface area contributed by atoms with E-state index < -0.39 is 0 Å². The van der Waals surface area contributed by atoms with Crippen molar-refractivity contribution < 1.29 is 21.2 Å². The van der Waals surface area contributed by atoms with Gasteiger partial charge in [-0.25, -0.2) is 4.70 Å². The Kier molecular flexibility index (Phi) is 11.6. The third-order valence-corrected chi connectivity index (χ3v) is 6.91. The summed E-state index contributed by atoms with van der Waals surface area (Å²) in [5.74, 6) is 0. The molecule has 0 fully saturated rings. The molecule has 1 aliphatic heterocycles. The zero-order valence-corrected chi connectivity index (χ0v) is 23.7. The summed E-state index contributed by atoms with van der Waals surface area (Å²) in [7, 11) is 0. The maximum Gasteiger partial charge on any atom is 0.211 e. The van der Waals surface area contributed by atoms with Gasteiger partial charge in [0.15, 0.2) is 0 Å². The molecule has 192 valence electrons. The predicted octanol–water partition coefficient (Wildman–Crippen LogP) is 10.0. The van der Waals surface area contributed by atoms with Gasteiger partial charge in [-0.05, 0) is 77.6 Å². The fraction of sp³-hybridized carbons (Fsp3) is 0.500. The van der Waals surface area contributed by atoms with Crippen molar-refractivity contribution in [1.82, 2.24) is 0 Å². The molecule has 0 amide bonds. The maximum atomic E-state index is 11.8. The quantitative estimate of drug-likeness (QED) is 0.153. The number of aryl methyl sites for hydroxylation is 4.